The second kappa shape index (κ2) is 8.86. The van der Waals surface area contributed by atoms with Crippen LogP contribution in [0.5, 0.6) is 0 Å². The van der Waals surface area contributed by atoms with Gasteiger partial charge in [-0.3, -0.25) is 4.79 Å². The lowest BCUT2D eigenvalue weighted by Gasteiger charge is -2.34. The van der Waals surface area contributed by atoms with Gasteiger partial charge in [-0.1, -0.05) is 23.7 Å². The summed E-state index contributed by atoms with van der Waals surface area (Å²) >= 11 is 7.47. The lowest BCUT2D eigenvalue weighted by Crippen LogP contribution is -2.43. The SMILES string of the molecule is CC(c1nc2ccccc2s1)N(C)C(=O)C1CCN(S(=O)(=O)c2ccc(Cl)cc2)CC1. The first-order valence-electron chi connectivity index (χ1n) is 10.1. The predicted molar refractivity (Wildman–Crippen MR) is 124 cm³/mol. The van der Waals surface area contributed by atoms with Crippen LogP contribution >= 0.6 is 22.9 Å². The Morgan fingerprint density at radius 3 is 2.45 bits per heavy atom. The van der Waals surface area contributed by atoms with Crippen molar-refractivity contribution in [1.82, 2.24) is 14.2 Å². The molecule has 2 aromatic carbocycles. The van der Waals surface area contributed by atoms with Gasteiger partial charge in [0.05, 0.1) is 21.2 Å². The molecule has 1 aromatic heterocycles. The van der Waals surface area contributed by atoms with Gasteiger partial charge in [0.2, 0.25) is 15.9 Å². The second-order valence-electron chi connectivity index (χ2n) is 7.78. The molecule has 1 amide bonds. The van der Waals surface area contributed by atoms with Gasteiger partial charge >= 0.3 is 0 Å². The topological polar surface area (TPSA) is 70.6 Å². The Hall–Kier alpha value is -2.00. The van der Waals surface area contributed by atoms with E-state index in [1.807, 2.05) is 31.2 Å². The fourth-order valence-electron chi connectivity index (χ4n) is 3.81. The number of hydrogen-bond acceptors (Lipinski definition) is 5. The number of rotatable bonds is 5. The van der Waals surface area contributed by atoms with Crippen LogP contribution in [0.4, 0.5) is 0 Å². The van der Waals surface area contributed by atoms with Gasteiger partial charge in [-0.25, -0.2) is 13.4 Å². The quantitative estimate of drug-likeness (QED) is 0.539. The van der Waals surface area contributed by atoms with Crippen LogP contribution in [0.15, 0.2) is 53.4 Å². The number of benzene rings is 2. The van der Waals surface area contributed by atoms with Gasteiger partial charge in [0.15, 0.2) is 0 Å². The highest BCUT2D eigenvalue weighted by atomic mass is 35.5. The molecule has 9 heteroatoms. The van der Waals surface area contributed by atoms with E-state index in [1.54, 1.807) is 35.4 Å². The van der Waals surface area contributed by atoms with Gasteiger partial charge < -0.3 is 4.90 Å². The first-order chi connectivity index (χ1) is 14.8. The molecule has 31 heavy (non-hydrogen) atoms. The molecule has 3 aromatic rings. The zero-order valence-electron chi connectivity index (χ0n) is 17.4. The molecule has 1 unspecified atom stereocenters. The molecule has 1 aliphatic rings. The highest BCUT2D eigenvalue weighted by Crippen LogP contribution is 2.31. The molecular weight excluding hydrogens is 454 g/mol. The number of halogens is 1. The van der Waals surface area contributed by atoms with E-state index in [-0.39, 0.29) is 22.8 Å². The fourth-order valence-corrected chi connectivity index (χ4v) is 6.47. The van der Waals surface area contributed by atoms with Crippen LogP contribution in [0.2, 0.25) is 5.02 Å². The number of aromatic nitrogens is 1. The third-order valence-electron chi connectivity index (χ3n) is 5.85. The number of thiazole rings is 1. The molecule has 0 bridgehead atoms. The highest BCUT2D eigenvalue weighted by molar-refractivity contribution is 7.89. The Balaban J connectivity index is 1.40. The minimum Gasteiger partial charge on any atom is -0.336 e. The molecule has 1 atom stereocenters. The number of piperidine rings is 1. The zero-order chi connectivity index (χ0) is 22.2. The van der Waals surface area contributed by atoms with Crippen molar-refractivity contribution in [3.63, 3.8) is 0 Å². The number of nitrogens with zero attached hydrogens (tertiary/aromatic N) is 3. The van der Waals surface area contributed by atoms with Crippen molar-refractivity contribution < 1.29 is 13.2 Å². The number of hydrogen-bond donors (Lipinski definition) is 0. The van der Waals surface area contributed by atoms with Crippen LogP contribution in [0.3, 0.4) is 0 Å². The van der Waals surface area contributed by atoms with Gasteiger partial charge in [-0.05, 0) is 56.2 Å². The van der Waals surface area contributed by atoms with Crippen molar-refractivity contribution >= 4 is 49.1 Å². The molecule has 0 aliphatic carbocycles. The molecule has 1 saturated heterocycles. The van der Waals surface area contributed by atoms with Crippen molar-refractivity contribution in [3.05, 3.63) is 58.6 Å². The van der Waals surface area contributed by atoms with Crippen molar-refractivity contribution in [2.45, 2.75) is 30.7 Å². The molecular formula is C22H24ClN3O3S2. The molecule has 0 saturated carbocycles. The van der Waals surface area contributed by atoms with Gasteiger partial charge in [-0.15, -0.1) is 11.3 Å². The third kappa shape index (κ3) is 4.48. The molecule has 6 nitrogen and oxygen atoms in total. The van der Waals surface area contributed by atoms with Crippen LogP contribution in [-0.2, 0) is 14.8 Å². The average Bonchev–Trinajstić information content (AvgIpc) is 3.22. The summed E-state index contributed by atoms with van der Waals surface area (Å²) in [5.41, 5.74) is 0.941. The van der Waals surface area contributed by atoms with Crippen LogP contribution in [0.1, 0.15) is 30.8 Å². The molecule has 4 rings (SSSR count). The molecule has 0 N–H and O–H groups in total. The fraction of sp³-hybridized carbons (Fsp3) is 0.364. The number of para-hydroxylation sites is 1. The summed E-state index contributed by atoms with van der Waals surface area (Å²) in [5, 5.41) is 1.40. The Morgan fingerprint density at radius 2 is 1.81 bits per heavy atom. The minimum atomic E-state index is -3.58. The number of fused-ring (bicyclic) bond motifs is 1. The first kappa shape index (κ1) is 22.2. The van der Waals surface area contributed by atoms with Crippen molar-refractivity contribution in [1.29, 1.82) is 0 Å². The highest BCUT2D eigenvalue weighted by Gasteiger charge is 2.34. The van der Waals surface area contributed by atoms with E-state index in [1.165, 1.54) is 16.4 Å². The third-order valence-corrected chi connectivity index (χ3v) is 9.22. The number of amides is 1. The Morgan fingerprint density at radius 1 is 1.16 bits per heavy atom. The Kier molecular flexibility index (Phi) is 6.35. The standard InChI is InChI=1S/C22H24ClN3O3S2/c1-15(21-24-19-5-3-4-6-20(19)30-21)25(2)22(27)16-11-13-26(14-12-16)31(28,29)18-9-7-17(23)8-10-18/h3-10,15-16H,11-14H2,1-2H3. The lowest BCUT2D eigenvalue weighted by molar-refractivity contribution is -0.137. The zero-order valence-corrected chi connectivity index (χ0v) is 19.8. The Labute approximate surface area is 191 Å². The van der Waals surface area contributed by atoms with E-state index in [2.05, 4.69) is 4.98 Å². The molecule has 1 fully saturated rings. The molecule has 164 valence electrons. The molecule has 1 aliphatic heterocycles. The summed E-state index contributed by atoms with van der Waals surface area (Å²) in [4.78, 5) is 19.8. The summed E-state index contributed by atoms with van der Waals surface area (Å²) in [7, 11) is -1.78. The maximum atomic E-state index is 13.1. The normalized spacial score (nSPS) is 17.0. The summed E-state index contributed by atoms with van der Waals surface area (Å²) in [6.07, 6.45) is 1.01. The molecule has 0 spiro atoms. The number of sulfonamides is 1. The van der Waals surface area contributed by atoms with Gasteiger partial charge in [0.25, 0.3) is 0 Å². The molecule has 2 heterocycles. The summed E-state index contributed by atoms with van der Waals surface area (Å²) in [6, 6.07) is 14.0. The minimum absolute atomic E-state index is 0.0373. The summed E-state index contributed by atoms with van der Waals surface area (Å²) in [6.45, 7) is 2.63. The van der Waals surface area contributed by atoms with Crippen molar-refractivity contribution in [3.8, 4) is 0 Å². The largest absolute Gasteiger partial charge is 0.336 e. The van der Waals surface area contributed by atoms with Gasteiger partial charge in [0.1, 0.15) is 5.01 Å². The van der Waals surface area contributed by atoms with Gasteiger partial charge in [-0.2, -0.15) is 4.31 Å². The van der Waals surface area contributed by atoms with E-state index in [4.69, 9.17) is 11.6 Å². The average molecular weight is 478 g/mol. The van der Waals surface area contributed by atoms with Crippen molar-refractivity contribution in [2.75, 3.05) is 20.1 Å². The predicted octanol–water partition coefficient (Wildman–Crippen LogP) is 4.57. The van der Waals surface area contributed by atoms with Crippen LogP contribution in [0.25, 0.3) is 10.2 Å². The van der Waals surface area contributed by atoms with Crippen molar-refractivity contribution in [2.24, 2.45) is 5.92 Å². The van der Waals surface area contributed by atoms with Gasteiger partial charge in [0, 0.05) is 31.1 Å². The number of carbonyl (C=O) groups excluding carboxylic acids is 1. The number of carbonyl (C=O) groups is 1. The maximum Gasteiger partial charge on any atom is 0.243 e. The van der Waals surface area contributed by atoms with Crippen LogP contribution in [0, 0.1) is 5.92 Å². The van der Waals surface area contributed by atoms with E-state index in [9.17, 15) is 13.2 Å². The summed E-state index contributed by atoms with van der Waals surface area (Å²) < 4.78 is 28.3. The maximum absolute atomic E-state index is 13.1. The lowest BCUT2D eigenvalue weighted by atomic mass is 9.96. The van der Waals surface area contributed by atoms with E-state index < -0.39 is 10.0 Å². The monoisotopic (exact) mass is 477 g/mol. The molecule has 0 radical (unpaired) electrons. The van der Waals surface area contributed by atoms with E-state index in [0.717, 1.165) is 15.2 Å². The van der Waals surface area contributed by atoms with E-state index >= 15 is 0 Å². The summed E-state index contributed by atoms with van der Waals surface area (Å²) in [5.74, 6) is -0.159. The van der Waals surface area contributed by atoms with Crippen LogP contribution in [-0.4, -0.2) is 48.7 Å². The second-order valence-corrected chi connectivity index (χ2v) is 11.2. The van der Waals surface area contributed by atoms with E-state index in [0.29, 0.717) is 31.0 Å². The van der Waals surface area contributed by atoms with Crippen LogP contribution < -0.4 is 0 Å². The first-order valence-corrected chi connectivity index (χ1v) is 12.8. The Bertz CT molecular complexity index is 1150. The smallest absolute Gasteiger partial charge is 0.243 e.